The van der Waals surface area contributed by atoms with Gasteiger partial charge >= 0.3 is 0 Å². The van der Waals surface area contributed by atoms with Crippen molar-refractivity contribution < 1.29 is 14.3 Å². The highest BCUT2D eigenvalue weighted by Crippen LogP contribution is 2.28. The Bertz CT molecular complexity index is 851. The number of pyridine rings is 1. The van der Waals surface area contributed by atoms with Crippen molar-refractivity contribution in [2.75, 3.05) is 45.7 Å². The summed E-state index contributed by atoms with van der Waals surface area (Å²) in [6, 6.07) is 9.77. The molecule has 1 aliphatic heterocycles. The lowest BCUT2D eigenvalue weighted by atomic mass is 10.2. The predicted molar refractivity (Wildman–Crippen MR) is 104 cm³/mol. The smallest absolute Gasteiger partial charge is 0.274 e. The molecule has 0 aliphatic carbocycles. The van der Waals surface area contributed by atoms with Crippen molar-refractivity contribution in [3.63, 3.8) is 0 Å². The number of hydrogen-bond donors (Lipinski definition) is 1. The normalized spacial score (nSPS) is 14.7. The van der Waals surface area contributed by atoms with Crippen molar-refractivity contribution in [1.82, 2.24) is 14.8 Å². The third-order valence-electron chi connectivity index (χ3n) is 4.40. The molecule has 2 amide bonds. The summed E-state index contributed by atoms with van der Waals surface area (Å²) in [6.45, 7) is 2.93. The van der Waals surface area contributed by atoms with Gasteiger partial charge in [0.25, 0.3) is 11.8 Å². The van der Waals surface area contributed by atoms with Crippen LogP contribution in [0.2, 0.25) is 5.02 Å². The van der Waals surface area contributed by atoms with Gasteiger partial charge in [-0.25, -0.2) is 4.98 Å². The molecule has 0 spiro atoms. The maximum atomic E-state index is 12.7. The van der Waals surface area contributed by atoms with Crippen LogP contribution in [0.4, 0.5) is 5.69 Å². The molecular weight excluding hydrogens is 368 g/mol. The van der Waals surface area contributed by atoms with E-state index in [4.69, 9.17) is 16.3 Å². The second-order valence-corrected chi connectivity index (χ2v) is 6.74. The number of halogens is 1. The van der Waals surface area contributed by atoms with Gasteiger partial charge in [-0.15, -0.1) is 0 Å². The lowest BCUT2D eigenvalue weighted by molar-refractivity contribution is 0.0658. The first-order valence-corrected chi connectivity index (χ1v) is 8.95. The summed E-state index contributed by atoms with van der Waals surface area (Å²) in [5, 5.41) is 3.20. The molecule has 0 radical (unpaired) electrons. The van der Waals surface area contributed by atoms with Crippen LogP contribution in [-0.2, 0) is 0 Å². The molecule has 1 aromatic heterocycles. The number of methoxy groups -OCH3 is 1. The van der Waals surface area contributed by atoms with E-state index in [1.807, 2.05) is 7.05 Å². The number of benzene rings is 1. The number of anilines is 1. The summed E-state index contributed by atoms with van der Waals surface area (Å²) < 4.78 is 5.23. The van der Waals surface area contributed by atoms with E-state index in [2.05, 4.69) is 15.2 Å². The minimum absolute atomic E-state index is 0.150. The van der Waals surface area contributed by atoms with Crippen molar-refractivity contribution in [1.29, 1.82) is 0 Å². The second kappa shape index (κ2) is 8.37. The maximum Gasteiger partial charge on any atom is 0.274 e. The van der Waals surface area contributed by atoms with Crippen molar-refractivity contribution in [3.05, 3.63) is 52.8 Å². The molecule has 1 saturated heterocycles. The molecule has 0 unspecified atom stereocenters. The Morgan fingerprint density at radius 3 is 2.52 bits per heavy atom. The second-order valence-electron chi connectivity index (χ2n) is 6.30. The van der Waals surface area contributed by atoms with Gasteiger partial charge in [-0.05, 0) is 37.4 Å². The molecule has 8 heteroatoms. The number of hydrogen-bond acceptors (Lipinski definition) is 5. The maximum absolute atomic E-state index is 12.7. The SMILES string of the molecule is COc1ccc(Cl)cc1NC(=O)c1cccc(C(=O)N2CCN(C)CC2)n1. The van der Waals surface area contributed by atoms with Crippen molar-refractivity contribution in [2.24, 2.45) is 0 Å². The molecule has 0 saturated carbocycles. The molecule has 7 nitrogen and oxygen atoms in total. The van der Waals surface area contributed by atoms with Gasteiger partial charge in [0, 0.05) is 31.2 Å². The first kappa shape index (κ1) is 19.1. The molecule has 2 heterocycles. The van der Waals surface area contributed by atoms with E-state index < -0.39 is 5.91 Å². The molecule has 2 aromatic rings. The van der Waals surface area contributed by atoms with Gasteiger partial charge < -0.3 is 19.9 Å². The largest absolute Gasteiger partial charge is 0.495 e. The Labute approximate surface area is 162 Å². The lowest BCUT2D eigenvalue weighted by Crippen LogP contribution is -2.47. The van der Waals surface area contributed by atoms with E-state index >= 15 is 0 Å². The van der Waals surface area contributed by atoms with Crippen LogP contribution in [0.5, 0.6) is 5.75 Å². The third-order valence-corrected chi connectivity index (χ3v) is 4.64. The van der Waals surface area contributed by atoms with Gasteiger partial charge in [0.05, 0.1) is 12.8 Å². The van der Waals surface area contributed by atoms with E-state index in [9.17, 15) is 9.59 Å². The zero-order chi connectivity index (χ0) is 19.4. The average Bonchev–Trinajstić information content (AvgIpc) is 2.68. The van der Waals surface area contributed by atoms with Crippen molar-refractivity contribution >= 4 is 29.1 Å². The molecule has 1 N–H and O–H groups in total. The highest BCUT2D eigenvalue weighted by molar-refractivity contribution is 6.31. The Balaban J connectivity index is 1.76. The lowest BCUT2D eigenvalue weighted by Gasteiger charge is -2.32. The van der Waals surface area contributed by atoms with Crippen LogP contribution in [0.15, 0.2) is 36.4 Å². The van der Waals surface area contributed by atoms with Crippen LogP contribution < -0.4 is 10.1 Å². The molecule has 0 atom stereocenters. The van der Waals surface area contributed by atoms with Gasteiger partial charge in [-0.1, -0.05) is 17.7 Å². The standard InChI is InChI=1S/C19H21ClN4O3/c1-23-8-10-24(11-9-23)19(26)15-5-3-4-14(21-15)18(25)22-16-12-13(20)6-7-17(16)27-2/h3-7,12H,8-11H2,1-2H3,(H,22,25). The number of amides is 2. The number of carbonyl (C=O) groups is 2. The van der Waals surface area contributed by atoms with Gasteiger partial charge in [-0.3, -0.25) is 9.59 Å². The number of ether oxygens (including phenoxy) is 1. The number of piperazine rings is 1. The molecular formula is C19H21ClN4O3. The van der Waals surface area contributed by atoms with E-state index in [-0.39, 0.29) is 17.3 Å². The molecule has 1 aliphatic rings. The summed E-state index contributed by atoms with van der Waals surface area (Å²) in [5.41, 5.74) is 0.842. The fourth-order valence-electron chi connectivity index (χ4n) is 2.82. The summed E-state index contributed by atoms with van der Waals surface area (Å²) in [4.78, 5) is 33.4. The van der Waals surface area contributed by atoms with Crippen molar-refractivity contribution in [2.45, 2.75) is 0 Å². The third kappa shape index (κ3) is 4.56. The van der Waals surface area contributed by atoms with Gasteiger partial charge in [0.2, 0.25) is 0 Å². The predicted octanol–water partition coefficient (Wildman–Crippen LogP) is 2.38. The summed E-state index contributed by atoms with van der Waals surface area (Å²) in [5.74, 6) is -0.126. The topological polar surface area (TPSA) is 74.8 Å². The first-order chi connectivity index (χ1) is 13.0. The van der Waals surface area contributed by atoms with E-state index in [0.29, 0.717) is 29.5 Å². The van der Waals surface area contributed by atoms with E-state index in [1.165, 1.54) is 7.11 Å². The molecule has 1 aromatic carbocycles. The molecule has 1 fully saturated rings. The first-order valence-electron chi connectivity index (χ1n) is 8.57. The van der Waals surface area contributed by atoms with Crippen LogP contribution in [0.25, 0.3) is 0 Å². The zero-order valence-corrected chi connectivity index (χ0v) is 16.0. The highest BCUT2D eigenvalue weighted by Gasteiger charge is 2.22. The van der Waals surface area contributed by atoms with Gasteiger partial charge in [0.15, 0.2) is 0 Å². The van der Waals surface area contributed by atoms with E-state index in [0.717, 1.165) is 13.1 Å². The monoisotopic (exact) mass is 388 g/mol. The Morgan fingerprint density at radius 1 is 1.11 bits per heavy atom. The number of nitrogens with one attached hydrogen (secondary N) is 1. The van der Waals surface area contributed by atoms with Crippen LogP contribution in [0.3, 0.4) is 0 Å². The zero-order valence-electron chi connectivity index (χ0n) is 15.2. The molecule has 27 heavy (non-hydrogen) atoms. The van der Waals surface area contributed by atoms with Crippen LogP contribution in [-0.4, -0.2) is 66.9 Å². The molecule has 3 rings (SSSR count). The Kier molecular flexibility index (Phi) is 5.93. The quantitative estimate of drug-likeness (QED) is 0.870. The number of aromatic nitrogens is 1. The minimum atomic E-state index is -0.441. The number of carbonyl (C=O) groups excluding carboxylic acids is 2. The summed E-state index contributed by atoms with van der Waals surface area (Å²) >= 11 is 5.99. The van der Waals surface area contributed by atoms with Crippen LogP contribution >= 0.6 is 11.6 Å². The number of nitrogens with zero attached hydrogens (tertiary/aromatic N) is 3. The molecule has 0 bridgehead atoms. The van der Waals surface area contributed by atoms with E-state index in [1.54, 1.807) is 41.3 Å². The minimum Gasteiger partial charge on any atom is -0.495 e. The Morgan fingerprint density at radius 2 is 1.81 bits per heavy atom. The summed E-state index contributed by atoms with van der Waals surface area (Å²) in [7, 11) is 3.53. The van der Waals surface area contributed by atoms with Gasteiger partial charge in [-0.2, -0.15) is 0 Å². The molecule has 142 valence electrons. The number of likely N-dealkylation sites (N-methyl/N-ethyl adjacent to an activating group) is 1. The average molecular weight is 389 g/mol. The fourth-order valence-corrected chi connectivity index (χ4v) is 2.99. The van der Waals surface area contributed by atoms with Crippen LogP contribution in [0, 0.1) is 0 Å². The summed E-state index contributed by atoms with van der Waals surface area (Å²) in [6.07, 6.45) is 0. The highest BCUT2D eigenvalue weighted by atomic mass is 35.5. The fraction of sp³-hybridized carbons (Fsp3) is 0.316. The van der Waals surface area contributed by atoms with Gasteiger partial charge in [0.1, 0.15) is 17.1 Å². The van der Waals surface area contributed by atoms with Crippen molar-refractivity contribution in [3.8, 4) is 5.75 Å². The number of rotatable bonds is 4. The Hall–Kier alpha value is -2.64. The van der Waals surface area contributed by atoms with Crippen LogP contribution in [0.1, 0.15) is 21.0 Å².